The number of amides is 1. The molecule has 3 aromatic rings. The summed E-state index contributed by atoms with van der Waals surface area (Å²) in [5, 5.41) is 7.23. The lowest BCUT2D eigenvalue weighted by Gasteiger charge is -2.30. The Morgan fingerprint density at radius 2 is 1.83 bits per heavy atom. The van der Waals surface area contributed by atoms with Crippen molar-refractivity contribution < 1.29 is 18.8 Å². The number of nitrogens with one attached hydrogen (secondary N) is 1. The topological polar surface area (TPSA) is 89.7 Å². The van der Waals surface area contributed by atoms with Crippen molar-refractivity contribution in [2.45, 2.75) is 39.2 Å². The molecule has 0 aliphatic carbocycles. The van der Waals surface area contributed by atoms with Crippen molar-refractivity contribution in [3.8, 4) is 22.9 Å². The summed E-state index contributed by atoms with van der Waals surface area (Å²) in [6.45, 7) is 5.00. The summed E-state index contributed by atoms with van der Waals surface area (Å²) in [5.74, 6) is 2.88. The molecule has 35 heavy (non-hydrogen) atoms. The molecule has 1 aliphatic heterocycles. The van der Waals surface area contributed by atoms with Gasteiger partial charge in [0.1, 0.15) is 0 Å². The average Bonchev–Trinajstić information content (AvgIpc) is 3.35. The third-order valence-electron chi connectivity index (χ3n) is 6.48. The molecule has 2 heterocycles. The zero-order chi connectivity index (χ0) is 24.6. The quantitative estimate of drug-likeness (QED) is 0.440. The molecule has 8 nitrogen and oxygen atoms in total. The number of aryl methyl sites for hydroxylation is 2. The van der Waals surface area contributed by atoms with Crippen molar-refractivity contribution >= 4 is 5.91 Å². The van der Waals surface area contributed by atoms with Crippen LogP contribution >= 0.6 is 0 Å². The first kappa shape index (κ1) is 24.7. The lowest BCUT2D eigenvalue weighted by molar-refractivity contribution is -0.126. The van der Waals surface area contributed by atoms with Crippen molar-refractivity contribution in [1.29, 1.82) is 0 Å². The molecule has 8 heteroatoms. The van der Waals surface area contributed by atoms with E-state index in [2.05, 4.69) is 27.3 Å². The van der Waals surface area contributed by atoms with Gasteiger partial charge in [0.15, 0.2) is 11.5 Å². The van der Waals surface area contributed by atoms with E-state index in [1.54, 1.807) is 14.2 Å². The highest BCUT2D eigenvalue weighted by Crippen LogP contribution is 2.28. The second-order valence-corrected chi connectivity index (χ2v) is 9.01. The van der Waals surface area contributed by atoms with Crippen molar-refractivity contribution in [3.63, 3.8) is 0 Å². The molecule has 1 amide bonds. The lowest BCUT2D eigenvalue weighted by Crippen LogP contribution is -2.40. The zero-order valence-electron chi connectivity index (χ0n) is 20.8. The number of methoxy groups -OCH3 is 2. The molecule has 0 bridgehead atoms. The van der Waals surface area contributed by atoms with Gasteiger partial charge in [-0.15, -0.1) is 0 Å². The molecule has 186 valence electrons. The molecule has 0 spiro atoms. The Labute approximate surface area is 206 Å². The fraction of sp³-hybridized carbons (Fsp3) is 0.444. The number of piperidine rings is 1. The van der Waals surface area contributed by atoms with Crippen LogP contribution in [-0.4, -0.2) is 54.8 Å². The minimum absolute atomic E-state index is 0.0538. The third-order valence-corrected chi connectivity index (χ3v) is 6.48. The minimum atomic E-state index is 0.0538. The first-order valence-corrected chi connectivity index (χ1v) is 12.2. The van der Waals surface area contributed by atoms with Crippen LogP contribution in [0, 0.1) is 12.8 Å². The van der Waals surface area contributed by atoms with Crippen molar-refractivity contribution in [2.75, 3.05) is 33.9 Å². The van der Waals surface area contributed by atoms with E-state index in [-0.39, 0.29) is 11.8 Å². The van der Waals surface area contributed by atoms with E-state index in [4.69, 9.17) is 14.0 Å². The fourth-order valence-corrected chi connectivity index (χ4v) is 4.37. The number of hydrogen-bond donors (Lipinski definition) is 1. The second kappa shape index (κ2) is 11.8. The summed E-state index contributed by atoms with van der Waals surface area (Å²) in [5.41, 5.74) is 3.31. The summed E-state index contributed by atoms with van der Waals surface area (Å²) in [6.07, 6.45) is 3.41. The van der Waals surface area contributed by atoms with Gasteiger partial charge in [-0.25, -0.2) is 0 Å². The van der Waals surface area contributed by atoms with Gasteiger partial charge in [0.05, 0.1) is 20.8 Å². The van der Waals surface area contributed by atoms with Gasteiger partial charge >= 0.3 is 0 Å². The van der Waals surface area contributed by atoms with Crippen LogP contribution in [0.5, 0.6) is 11.5 Å². The van der Waals surface area contributed by atoms with E-state index in [0.29, 0.717) is 24.8 Å². The highest BCUT2D eigenvalue weighted by atomic mass is 16.5. The number of aromatic nitrogens is 2. The van der Waals surface area contributed by atoms with Crippen LogP contribution in [0.15, 0.2) is 47.0 Å². The number of benzene rings is 2. The standard InChI is InChI=1S/C27H34N4O4/c1-19-6-9-21(10-7-19)26-29-25(35-30-26)18-31-15-12-22(13-16-31)27(32)28-14-4-5-20-8-11-23(33-2)24(17-20)34-3/h6-11,17,22H,4-5,12-16,18H2,1-3H3,(H,28,32). The SMILES string of the molecule is COc1ccc(CCCNC(=O)C2CCN(Cc3nc(-c4ccc(C)cc4)no3)CC2)cc1OC. The molecule has 1 N–H and O–H groups in total. The van der Waals surface area contributed by atoms with Gasteiger partial charge in [0.2, 0.25) is 17.6 Å². The number of ether oxygens (including phenoxy) is 2. The van der Waals surface area contributed by atoms with Gasteiger partial charge in [-0.1, -0.05) is 41.1 Å². The molecule has 0 saturated carbocycles. The van der Waals surface area contributed by atoms with E-state index in [1.807, 2.05) is 42.5 Å². The van der Waals surface area contributed by atoms with Gasteiger partial charge in [-0.2, -0.15) is 4.98 Å². The minimum Gasteiger partial charge on any atom is -0.493 e. The molecule has 0 unspecified atom stereocenters. The highest BCUT2D eigenvalue weighted by molar-refractivity contribution is 5.78. The molecule has 4 rings (SSSR count). The average molecular weight is 479 g/mol. The number of carbonyl (C=O) groups excluding carboxylic acids is 1. The predicted octanol–water partition coefficient (Wildman–Crippen LogP) is 4.02. The Morgan fingerprint density at radius 3 is 2.54 bits per heavy atom. The van der Waals surface area contributed by atoms with Crippen LogP contribution < -0.4 is 14.8 Å². The summed E-state index contributed by atoms with van der Waals surface area (Å²) in [6, 6.07) is 14.0. The van der Waals surface area contributed by atoms with Crippen LogP contribution in [0.3, 0.4) is 0 Å². The molecular weight excluding hydrogens is 444 g/mol. The fourth-order valence-electron chi connectivity index (χ4n) is 4.37. The van der Waals surface area contributed by atoms with E-state index < -0.39 is 0 Å². The molecule has 1 saturated heterocycles. The molecule has 1 fully saturated rings. The molecule has 2 aromatic carbocycles. The van der Waals surface area contributed by atoms with Gasteiger partial charge in [-0.3, -0.25) is 9.69 Å². The molecular formula is C27H34N4O4. The molecule has 1 aromatic heterocycles. The van der Waals surface area contributed by atoms with Crippen LogP contribution in [0.1, 0.15) is 36.3 Å². The zero-order valence-corrected chi connectivity index (χ0v) is 20.8. The van der Waals surface area contributed by atoms with Crippen LogP contribution in [0.4, 0.5) is 0 Å². The van der Waals surface area contributed by atoms with E-state index in [9.17, 15) is 4.79 Å². The van der Waals surface area contributed by atoms with Gasteiger partial charge < -0.3 is 19.3 Å². The number of rotatable bonds is 10. The van der Waals surface area contributed by atoms with E-state index >= 15 is 0 Å². The van der Waals surface area contributed by atoms with Crippen molar-refractivity contribution in [1.82, 2.24) is 20.4 Å². The predicted molar refractivity (Wildman–Crippen MR) is 133 cm³/mol. The Morgan fingerprint density at radius 1 is 1.09 bits per heavy atom. The Hall–Kier alpha value is -3.39. The first-order chi connectivity index (χ1) is 17.1. The number of carbonyl (C=O) groups is 1. The summed E-state index contributed by atoms with van der Waals surface area (Å²) in [7, 11) is 3.27. The maximum Gasteiger partial charge on any atom is 0.241 e. The van der Waals surface area contributed by atoms with Gasteiger partial charge in [0, 0.05) is 18.0 Å². The van der Waals surface area contributed by atoms with Crippen LogP contribution in [-0.2, 0) is 17.8 Å². The van der Waals surface area contributed by atoms with Gasteiger partial charge in [-0.05, 0) is 63.4 Å². The Bertz CT molecular complexity index is 1100. The van der Waals surface area contributed by atoms with Crippen LogP contribution in [0.2, 0.25) is 0 Å². The Kier molecular flexibility index (Phi) is 8.36. The summed E-state index contributed by atoms with van der Waals surface area (Å²) < 4.78 is 16.1. The number of hydrogen-bond acceptors (Lipinski definition) is 7. The van der Waals surface area contributed by atoms with E-state index in [0.717, 1.165) is 61.4 Å². The molecule has 1 aliphatic rings. The smallest absolute Gasteiger partial charge is 0.241 e. The lowest BCUT2D eigenvalue weighted by atomic mass is 9.96. The maximum atomic E-state index is 12.6. The summed E-state index contributed by atoms with van der Waals surface area (Å²) >= 11 is 0. The largest absolute Gasteiger partial charge is 0.493 e. The van der Waals surface area contributed by atoms with E-state index in [1.165, 1.54) is 5.56 Å². The molecule has 0 radical (unpaired) electrons. The maximum absolute atomic E-state index is 12.6. The highest BCUT2D eigenvalue weighted by Gasteiger charge is 2.25. The monoisotopic (exact) mass is 478 g/mol. The summed E-state index contributed by atoms with van der Waals surface area (Å²) in [4.78, 5) is 19.4. The van der Waals surface area contributed by atoms with Gasteiger partial charge in [0.25, 0.3) is 0 Å². The van der Waals surface area contributed by atoms with Crippen molar-refractivity contribution in [3.05, 3.63) is 59.5 Å². The first-order valence-electron chi connectivity index (χ1n) is 12.2. The number of likely N-dealkylation sites (tertiary alicyclic amines) is 1. The Balaban J connectivity index is 1.16. The number of nitrogens with zero attached hydrogens (tertiary/aromatic N) is 3. The van der Waals surface area contributed by atoms with Crippen molar-refractivity contribution in [2.24, 2.45) is 5.92 Å². The normalized spacial score (nSPS) is 14.6. The molecule has 0 atom stereocenters. The third kappa shape index (κ3) is 6.60. The second-order valence-electron chi connectivity index (χ2n) is 9.01. The van der Waals surface area contributed by atoms with Crippen LogP contribution in [0.25, 0.3) is 11.4 Å².